The highest BCUT2D eigenvalue weighted by molar-refractivity contribution is 6.58. The van der Waals surface area contributed by atoms with E-state index in [1.54, 1.807) is 54.0 Å². The molecule has 2 aromatic carbocycles. The summed E-state index contributed by atoms with van der Waals surface area (Å²) < 4.78 is 35.2. The minimum absolute atomic E-state index is 0.0272. The van der Waals surface area contributed by atoms with Crippen molar-refractivity contribution in [2.45, 2.75) is 23.8 Å². The van der Waals surface area contributed by atoms with Gasteiger partial charge in [-0.05, 0) is 48.4 Å². The number of aliphatic hydroxyl groups excluding tert-OH is 1. The van der Waals surface area contributed by atoms with Crippen LogP contribution >= 0.6 is 0 Å². The molecular weight excluding hydrogens is 565 g/mol. The predicted molar refractivity (Wildman–Crippen MR) is 170 cm³/mol. The van der Waals surface area contributed by atoms with Gasteiger partial charge in [-0.3, -0.25) is 9.78 Å². The highest BCUT2D eigenvalue weighted by atomic mass is 19.2. The third kappa shape index (κ3) is 6.41. The SMILES string of the molecule is BC(B)(B)Oc1ccc(F)c(F)c1-c1nccc(C(=O)Nc2ccc(-c3cnccc3C#N)cc2N2CC(N)CC2CO)n1. The van der Waals surface area contributed by atoms with E-state index in [2.05, 4.69) is 26.3 Å². The van der Waals surface area contributed by atoms with Crippen molar-refractivity contribution in [1.29, 1.82) is 5.26 Å². The predicted octanol–water partition coefficient (Wildman–Crippen LogP) is 0.395. The van der Waals surface area contributed by atoms with Gasteiger partial charge in [0, 0.05) is 42.0 Å². The first-order valence-corrected chi connectivity index (χ1v) is 13.9. The molecule has 5 rings (SSSR count). The molecule has 0 bridgehead atoms. The standard InChI is InChI=1S/C29H28B3F2N7O3/c30-29(31,32)44-24-4-2-20(33)26(34)25(24)27-38-8-6-22(39-27)28(43)40-21-3-1-15(19-12-37-7-5-16(19)11-35)9-23(21)41-13-17(36)10-18(41)14-42/h1-9,12,17-18,42H,10,13-14,30-32,36H2,(H,40,43). The lowest BCUT2D eigenvalue weighted by Crippen LogP contribution is -2.37. The molecule has 44 heavy (non-hydrogen) atoms. The van der Waals surface area contributed by atoms with E-state index in [4.69, 9.17) is 10.5 Å². The topological polar surface area (TPSA) is 150 Å². The molecule has 1 aliphatic heterocycles. The molecule has 1 fully saturated rings. The van der Waals surface area contributed by atoms with E-state index in [1.807, 2.05) is 4.90 Å². The van der Waals surface area contributed by atoms with Crippen LogP contribution < -0.4 is 20.7 Å². The molecular formula is C29H28B3F2N7O3. The average Bonchev–Trinajstić information content (AvgIpc) is 3.39. The molecule has 2 unspecified atom stereocenters. The highest BCUT2D eigenvalue weighted by Crippen LogP contribution is 2.37. The van der Waals surface area contributed by atoms with E-state index in [0.29, 0.717) is 41.0 Å². The van der Waals surface area contributed by atoms with Crippen LogP contribution in [0.4, 0.5) is 20.2 Å². The van der Waals surface area contributed by atoms with Gasteiger partial charge in [-0.1, -0.05) is 6.07 Å². The Kier molecular flexibility index (Phi) is 8.67. The fourth-order valence-electron chi connectivity index (χ4n) is 5.13. The zero-order valence-electron chi connectivity index (χ0n) is 24.4. The van der Waals surface area contributed by atoms with Gasteiger partial charge in [-0.25, -0.2) is 18.7 Å². The number of nitrogens with one attached hydrogen (secondary N) is 1. The van der Waals surface area contributed by atoms with Crippen molar-refractivity contribution >= 4 is 40.8 Å². The number of hydrogen-bond donors (Lipinski definition) is 3. The number of nitrogens with zero attached hydrogens (tertiary/aromatic N) is 5. The number of nitrogens with two attached hydrogens (primary N) is 1. The maximum absolute atomic E-state index is 15.1. The Labute approximate surface area is 255 Å². The molecule has 0 spiro atoms. The summed E-state index contributed by atoms with van der Waals surface area (Å²) in [6, 6.07) is 12.1. The lowest BCUT2D eigenvalue weighted by molar-refractivity contribution is 0.102. The van der Waals surface area contributed by atoms with Crippen LogP contribution in [0.5, 0.6) is 5.75 Å². The van der Waals surface area contributed by atoms with Crippen LogP contribution in [-0.4, -0.2) is 80.0 Å². The summed E-state index contributed by atoms with van der Waals surface area (Å²) in [4.78, 5) is 28.0. The monoisotopic (exact) mass is 593 g/mol. The van der Waals surface area contributed by atoms with Crippen molar-refractivity contribution in [1.82, 2.24) is 15.0 Å². The van der Waals surface area contributed by atoms with Crippen LogP contribution in [0.2, 0.25) is 0 Å². The number of carbonyl (C=O) groups excluding carboxylic acids is 1. The second-order valence-electron chi connectivity index (χ2n) is 11.4. The number of pyridine rings is 1. The van der Waals surface area contributed by atoms with Gasteiger partial charge in [0.1, 0.15) is 35.0 Å². The number of hydrogen-bond acceptors (Lipinski definition) is 9. The summed E-state index contributed by atoms with van der Waals surface area (Å²) in [7, 11) is 5.28. The van der Waals surface area contributed by atoms with Crippen molar-refractivity contribution in [2.24, 2.45) is 5.73 Å². The Balaban J connectivity index is 1.54. The van der Waals surface area contributed by atoms with Crippen LogP contribution in [0.3, 0.4) is 0 Å². The van der Waals surface area contributed by atoms with Crippen molar-refractivity contribution in [2.75, 3.05) is 23.4 Å². The normalized spacial score (nSPS) is 16.4. The van der Waals surface area contributed by atoms with Crippen LogP contribution in [0.1, 0.15) is 22.5 Å². The molecule has 4 N–H and O–H groups in total. The van der Waals surface area contributed by atoms with Crippen LogP contribution in [0.25, 0.3) is 22.5 Å². The maximum Gasteiger partial charge on any atom is 0.274 e. The number of rotatable bonds is 8. The molecule has 220 valence electrons. The fourth-order valence-corrected chi connectivity index (χ4v) is 5.13. The van der Waals surface area contributed by atoms with E-state index in [9.17, 15) is 19.6 Å². The smallest absolute Gasteiger partial charge is 0.274 e. The first kappa shape index (κ1) is 30.7. The number of benzene rings is 2. The number of aliphatic hydroxyl groups is 1. The molecule has 10 nitrogen and oxygen atoms in total. The zero-order chi connectivity index (χ0) is 31.6. The minimum atomic E-state index is -1.20. The number of halogens is 2. The number of amides is 1. The first-order valence-electron chi connectivity index (χ1n) is 13.9. The summed E-state index contributed by atoms with van der Waals surface area (Å²) in [6.07, 6.45) is 4.93. The van der Waals surface area contributed by atoms with E-state index in [0.717, 1.165) is 6.07 Å². The lowest BCUT2D eigenvalue weighted by Gasteiger charge is -2.28. The third-order valence-corrected chi connectivity index (χ3v) is 7.05. The fraction of sp³-hybridized carbons (Fsp3) is 0.207. The van der Waals surface area contributed by atoms with Gasteiger partial charge >= 0.3 is 0 Å². The molecule has 3 heterocycles. The van der Waals surface area contributed by atoms with Gasteiger partial charge in [0.25, 0.3) is 5.91 Å². The Morgan fingerprint density at radius 3 is 2.73 bits per heavy atom. The van der Waals surface area contributed by atoms with Crippen LogP contribution in [0, 0.1) is 23.0 Å². The van der Waals surface area contributed by atoms with Gasteiger partial charge < -0.3 is 25.8 Å². The number of nitriles is 1. The molecule has 4 aromatic rings. The van der Waals surface area contributed by atoms with Gasteiger partial charge in [-0.15, -0.1) is 0 Å². The summed E-state index contributed by atoms with van der Waals surface area (Å²) in [5.41, 5.74) is 8.49. The van der Waals surface area contributed by atoms with Gasteiger partial charge in [0.15, 0.2) is 17.5 Å². The Bertz CT molecular complexity index is 1770. The molecule has 1 saturated heterocycles. The summed E-state index contributed by atoms with van der Waals surface area (Å²) in [5, 5.41) is 21.8. The van der Waals surface area contributed by atoms with Gasteiger partial charge in [0.2, 0.25) is 0 Å². The molecule has 1 amide bonds. The summed E-state index contributed by atoms with van der Waals surface area (Å²) in [5.74, 6) is -3.15. The molecule has 15 heteroatoms. The van der Waals surface area contributed by atoms with E-state index in [-0.39, 0.29) is 41.5 Å². The van der Waals surface area contributed by atoms with Crippen molar-refractivity contribution in [3.8, 4) is 34.3 Å². The Hall–Kier alpha value is -4.80. The first-order chi connectivity index (χ1) is 21.0. The van der Waals surface area contributed by atoms with Crippen LogP contribution in [0.15, 0.2) is 61.1 Å². The minimum Gasteiger partial charge on any atom is -0.513 e. The molecule has 0 radical (unpaired) electrons. The second kappa shape index (κ2) is 12.4. The maximum atomic E-state index is 15.1. The number of anilines is 2. The summed E-state index contributed by atoms with van der Waals surface area (Å²) >= 11 is 0. The Morgan fingerprint density at radius 2 is 2.00 bits per heavy atom. The number of aromatic nitrogens is 3. The third-order valence-electron chi connectivity index (χ3n) is 7.05. The molecule has 2 atom stereocenters. The molecule has 0 aliphatic carbocycles. The van der Waals surface area contributed by atoms with Crippen molar-refractivity contribution < 1.29 is 23.4 Å². The summed E-state index contributed by atoms with van der Waals surface area (Å²) in [6.45, 7) is 0.262. The van der Waals surface area contributed by atoms with Gasteiger partial charge in [-0.2, -0.15) is 5.26 Å². The van der Waals surface area contributed by atoms with E-state index >= 15 is 4.39 Å². The lowest BCUT2D eigenvalue weighted by atomic mass is 9.52. The average molecular weight is 593 g/mol. The quantitative estimate of drug-likeness (QED) is 0.247. The largest absolute Gasteiger partial charge is 0.513 e. The van der Waals surface area contributed by atoms with Gasteiger partial charge in [0.05, 0.1) is 41.2 Å². The molecule has 1 aliphatic rings. The highest BCUT2D eigenvalue weighted by Gasteiger charge is 2.32. The Morgan fingerprint density at radius 1 is 1.20 bits per heavy atom. The molecule has 2 aromatic heterocycles. The van der Waals surface area contributed by atoms with E-state index in [1.165, 1.54) is 24.5 Å². The van der Waals surface area contributed by atoms with Crippen molar-refractivity contribution in [3.63, 3.8) is 0 Å². The molecule has 0 saturated carbocycles. The number of carbonyl (C=O) groups is 1. The van der Waals surface area contributed by atoms with Crippen molar-refractivity contribution in [3.05, 3.63) is 83.9 Å². The van der Waals surface area contributed by atoms with E-state index < -0.39 is 22.8 Å². The zero-order valence-corrected chi connectivity index (χ0v) is 24.4. The van der Waals surface area contributed by atoms with Crippen LogP contribution in [-0.2, 0) is 0 Å². The second-order valence-corrected chi connectivity index (χ2v) is 11.4. The number of ether oxygens (including phenoxy) is 1.